The lowest BCUT2D eigenvalue weighted by Crippen LogP contribution is -2.17. The second-order valence-corrected chi connectivity index (χ2v) is 6.76. The number of nitriles is 1. The zero-order valence-electron chi connectivity index (χ0n) is 15.0. The van der Waals surface area contributed by atoms with Gasteiger partial charge in [-0.15, -0.1) is 0 Å². The zero-order valence-corrected chi connectivity index (χ0v) is 15.8. The Morgan fingerprint density at radius 1 is 1.14 bits per heavy atom. The second kappa shape index (κ2) is 7.66. The van der Waals surface area contributed by atoms with E-state index in [1.165, 1.54) is 16.3 Å². The molecule has 2 heterocycles. The monoisotopic (exact) mass is 389 g/mol. The van der Waals surface area contributed by atoms with Gasteiger partial charge in [0.1, 0.15) is 5.75 Å². The highest BCUT2D eigenvalue weighted by atomic mass is 32.2. The fourth-order valence-corrected chi connectivity index (χ4v) is 3.46. The first-order chi connectivity index (χ1) is 13.7. The summed E-state index contributed by atoms with van der Waals surface area (Å²) in [5.41, 5.74) is 1.56. The predicted molar refractivity (Wildman–Crippen MR) is 108 cm³/mol. The maximum absolute atomic E-state index is 12.7. The topological polar surface area (TPSA) is 93.2 Å². The molecule has 0 bridgehead atoms. The number of hydrogen-bond acceptors (Lipinski definition) is 7. The smallest absolute Gasteiger partial charge is 0.300 e. The minimum Gasteiger partial charge on any atom is -0.494 e. The summed E-state index contributed by atoms with van der Waals surface area (Å²) in [6, 6.07) is 16.6. The van der Waals surface area contributed by atoms with Gasteiger partial charge in [-0.2, -0.15) is 19.9 Å². The molecule has 7 nitrogen and oxygen atoms in total. The number of benzene rings is 2. The Kier molecular flexibility index (Phi) is 4.91. The van der Waals surface area contributed by atoms with Crippen LogP contribution in [0.25, 0.3) is 27.8 Å². The fraction of sp³-hybridized carbons (Fsp3) is 0.150. The number of rotatable bonds is 5. The third-order valence-corrected chi connectivity index (χ3v) is 4.85. The normalized spacial score (nSPS) is 10.9. The molecular formula is C20H15N5O2S. The number of fused-ring (bicyclic) bond motifs is 3. The van der Waals surface area contributed by atoms with Crippen LogP contribution in [0.15, 0.2) is 58.5 Å². The molecule has 0 aliphatic carbocycles. The molecule has 2 aromatic heterocycles. The summed E-state index contributed by atoms with van der Waals surface area (Å²) in [4.78, 5) is 21.6. The molecule has 2 aromatic carbocycles. The number of nitrogens with zero attached hydrogens (tertiary/aromatic N) is 5. The fourth-order valence-electron chi connectivity index (χ4n) is 2.85. The quantitative estimate of drug-likeness (QED) is 0.294. The van der Waals surface area contributed by atoms with Crippen LogP contribution < -0.4 is 10.3 Å². The molecule has 4 aromatic rings. The molecule has 4 rings (SSSR count). The van der Waals surface area contributed by atoms with Gasteiger partial charge < -0.3 is 4.74 Å². The van der Waals surface area contributed by atoms with Crippen LogP contribution in [0.4, 0.5) is 0 Å². The van der Waals surface area contributed by atoms with Crippen molar-refractivity contribution in [2.75, 3.05) is 12.4 Å². The van der Waals surface area contributed by atoms with Gasteiger partial charge in [-0.25, -0.2) is 4.98 Å². The molecule has 0 aliphatic heterocycles. The molecule has 0 unspecified atom stereocenters. The van der Waals surface area contributed by atoms with Crippen LogP contribution in [-0.2, 0) is 0 Å². The highest BCUT2D eigenvalue weighted by Gasteiger charge is 2.15. The Hall–Kier alpha value is -3.44. The van der Waals surface area contributed by atoms with Crippen LogP contribution in [0, 0.1) is 11.3 Å². The van der Waals surface area contributed by atoms with Crippen molar-refractivity contribution in [2.45, 2.75) is 12.1 Å². The van der Waals surface area contributed by atoms with Gasteiger partial charge >= 0.3 is 0 Å². The highest BCUT2D eigenvalue weighted by Crippen LogP contribution is 2.24. The molecule has 0 atom stereocenters. The SMILES string of the molecule is CCOc1ccc(-c2nn3c(SCC#N)nc4ccccc4c3nc2=O)cc1. The summed E-state index contributed by atoms with van der Waals surface area (Å²) in [6.45, 7) is 2.48. The summed E-state index contributed by atoms with van der Waals surface area (Å²) < 4.78 is 6.98. The van der Waals surface area contributed by atoms with Crippen molar-refractivity contribution in [3.05, 3.63) is 58.9 Å². The Labute approximate surface area is 164 Å². The van der Waals surface area contributed by atoms with Crippen molar-refractivity contribution in [1.29, 1.82) is 5.26 Å². The molecule has 0 radical (unpaired) electrons. The second-order valence-electron chi connectivity index (χ2n) is 5.82. The Bertz CT molecular complexity index is 1260. The average Bonchev–Trinajstić information content (AvgIpc) is 2.72. The van der Waals surface area contributed by atoms with Crippen molar-refractivity contribution < 1.29 is 4.74 Å². The van der Waals surface area contributed by atoms with E-state index >= 15 is 0 Å². The van der Waals surface area contributed by atoms with E-state index in [1.54, 1.807) is 24.3 Å². The van der Waals surface area contributed by atoms with Crippen LogP contribution in [0.1, 0.15) is 6.92 Å². The molecule has 0 aliphatic rings. The van der Waals surface area contributed by atoms with E-state index in [9.17, 15) is 4.79 Å². The summed E-state index contributed by atoms with van der Waals surface area (Å²) in [5, 5.41) is 14.7. The molecule has 0 amide bonds. The molecule has 0 saturated heterocycles. The first-order valence-electron chi connectivity index (χ1n) is 8.64. The van der Waals surface area contributed by atoms with Gasteiger partial charge in [0.2, 0.25) is 0 Å². The first-order valence-corrected chi connectivity index (χ1v) is 9.62. The van der Waals surface area contributed by atoms with Gasteiger partial charge in [0.05, 0.1) is 23.9 Å². The van der Waals surface area contributed by atoms with E-state index < -0.39 is 5.56 Å². The van der Waals surface area contributed by atoms with Gasteiger partial charge in [0.25, 0.3) is 5.56 Å². The lowest BCUT2D eigenvalue weighted by Gasteiger charge is -2.10. The molecular weight excluding hydrogens is 374 g/mol. The van der Waals surface area contributed by atoms with Gasteiger partial charge in [-0.05, 0) is 43.3 Å². The number of aromatic nitrogens is 4. The minimum atomic E-state index is -0.420. The van der Waals surface area contributed by atoms with Crippen molar-refractivity contribution in [1.82, 2.24) is 19.6 Å². The molecule has 0 saturated carbocycles. The average molecular weight is 389 g/mol. The third-order valence-electron chi connectivity index (χ3n) is 4.06. The summed E-state index contributed by atoms with van der Waals surface area (Å²) in [7, 11) is 0. The number of hydrogen-bond donors (Lipinski definition) is 0. The van der Waals surface area contributed by atoms with E-state index in [2.05, 4.69) is 21.1 Å². The molecule has 0 N–H and O–H groups in total. The van der Waals surface area contributed by atoms with Crippen LogP contribution in [-0.4, -0.2) is 31.9 Å². The van der Waals surface area contributed by atoms with Crippen LogP contribution in [0.5, 0.6) is 5.75 Å². The molecule has 28 heavy (non-hydrogen) atoms. The number of thioether (sulfide) groups is 1. The van der Waals surface area contributed by atoms with E-state index in [0.717, 1.165) is 11.1 Å². The van der Waals surface area contributed by atoms with Gasteiger partial charge in [0.15, 0.2) is 16.5 Å². The van der Waals surface area contributed by atoms with Crippen molar-refractivity contribution in [2.24, 2.45) is 0 Å². The van der Waals surface area contributed by atoms with E-state index in [-0.39, 0.29) is 11.4 Å². The minimum absolute atomic E-state index is 0.215. The van der Waals surface area contributed by atoms with Crippen LogP contribution >= 0.6 is 11.8 Å². The van der Waals surface area contributed by atoms with E-state index in [4.69, 9.17) is 10.00 Å². The lowest BCUT2D eigenvalue weighted by molar-refractivity contribution is 0.340. The van der Waals surface area contributed by atoms with Crippen LogP contribution in [0.3, 0.4) is 0 Å². The lowest BCUT2D eigenvalue weighted by atomic mass is 10.1. The standard InChI is InChI=1S/C20H15N5O2S/c1-2-27-14-9-7-13(8-10-14)17-19(26)23-18-15-5-3-4-6-16(15)22-20(25(18)24-17)28-12-11-21/h3-10H,2,12H2,1H3. The molecule has 0 fully saturated rings. The third kappa shape index (κ3) is 3.28. The molecule has 0 spiro atoms. The zero-order chi connectivity index (χ0) is 19.5. The number of ether oxygens (including phenoxy) is 1. The van der Waals surface area contributed by atoms with Gasteiger partial charge in [-0.1, -0.05) is 23.9 Å². The largest absolute Gasteiger partial charge is 0.494 e. The summed E-state index contributed by atoms with van der Waals surface area (Å²) in [5.74, 6) is 0.935. The molecule has 8 heteroatoms. The van der Waals surface area contributed by atoms with E-state index in [0.29, 0.717) is 28.5 Å². The predicted octanol–water partition coefficient (Wildman–Crippen LogP) is 3.32. The maximum atomic E-state index is 12.7. The summed E-state index contributed by atoms with van der Waals surface area (Å²) in [6.07, 6.45) is 0. The van der Waals surface area contributed by atoms with Gasteiger partial charge in [-0.3, -0.25) is 4.79 Å². The summed E-state index contributed by atoms with van der Waals surface area (Å²) >= 11 is 1.25. The Balaban J connectivity index is 1.94. The highest BCUT2D eigenvalue weighted by molar-refractivity contribution is 7.99. The van der Waals surface area contributed by atoms with Crippen molar-refractivity contribution in [3.8, 4) is 23.1 Å². The van der Waals surface area contributed by atoms with Crippen LogP contribution in [0.2, 0.25) is 0 Å². The van der Waals surface area contributed by atoms with Crippen molar-refractivity contribution in [3.63, 3.8) is 0 Å². The van der Waals surface area contributed by atoms with Gasteiger partial charge in [0, 0.05) is 10.9 Å². The molecule has 138 valence electrons. The Morgan fingerprint density at radius 2 is 1.93 bits per heavy atom. The van der Waals surface area contributed by atoms with Crippen molar-refractivity contribution >= 4 is 28.3 Å². The first kappa shape index (κ1) is 17.9. The van der Waals surface area contributed by atoms with E-state index in [1.807, 2.05) is 31.2 Å². The Morgan fingerprint density at radius 3 is 2.68 bits per heavy atom. The number of para-hydroxylation sites is 1. The maximum Gasteiger partial charge on any atom is 0.300 e.